The van der Waals surface area contributed by atoms with Gasteiger partial charge in [-0.2, -0.15) is 0 Å². The molecule has 1 aromatic carbocycles. The molecule has 0 atom stereocenters. The fraction of sp³-hybridized carbons (Fsp3) is 0.417. The predicted molar refractivity (Wildman–Crippen MR) is 64.9 cm³/mol. The quantitative estimate of drug-likeness (QED) is 0.606. The zero-order valence-corrected chi connectivity index (χ0v) is 9.92. The molecule has 4 heteroatoms. The van der Waals surface area contributed by atoms with Crippen LogP contribution in [0.15, 0.2) is 29.3 Å². The molecule has 0 fully saturated rings. The van der Waals surface area contributed by atoms with Crippen LogP contribution in [0.4, 0.5) is 4.39 Å². The molecule has 16 heavy (non-hydrogen) atoms. The van der Waals surface area contributed by atoms with Crippen molar-refractivity contribution >= 4 is 5.96 Å². The Labute approximate surface area is 95.8 Å². The van der Waals surface area contributed by atoms with Crippen molar-refractivity contribution < 1.29 is 4.39 Å². The second-order valence-electron chi connectivity index (χ2n) is 3.85. The van der Waals surface area contributed by atoms with Crippen LogP contribution >= 0.6 is 0 Å². The molecular formula is C12H18FN3. The predicted octanol–water partition coefficient (Wildman–Crippen LogP) is 1.90. The molecule has 1 rings (SSSR count). The molecule has 0 radical (unpaired) electrons. The van der Waals surface area contributed by atoms with Crippen molar-refractivity contribution in [3.63, 3.8) is 0 Å². The molecule has 1 aromatic rings. The van der Waals surface area contributed by atoms with Gasteiger partial charge in [-0.05, 0) is 31.5 Å². The third-order valence-electron chi connectivity index (χ3n) is 2.02. The van der Waals surface area contributed by atoms with Crippen LogP contribution in [0.1, 0.15) is 19.4 Å². The average molecular weight is 223 g/mol. The molecule has 0 aliphatic rings. The summed E-state index contributed by atoms with van der Waals surface area (Å²) in [5.41, 5.74) is 1.02. The maximum atomic E-state index is 12.7. The van der Waals surface area contributed by atoms with Gasteiger partial charge in [0.15, 0.2) is 5.96 Å². The van der Waals surface area contributed by atoms with Crippen molar-refractivity contribution in [2.24, 2.45) is 4.99 Å². The minimum atomic E-state index is -0.214. The second kappa shape index (κ2) is 6.10. The van der Waals surface area contributed by atoms with Crippen LogP contribution in [0.25, 0.3) is 0 Å². The molecule has 0 amide bonds. The van der Waals surface area contributed by atoms with Crippen molar-refractivity contribution in [1.82, 2.24) is 10.6 Å². The topological polar surface area (TPSA) is 36.4 Å². The fourth-order valence-corrected chi connectivity index (χ4v) is 1.26. The van der Waals surface area contributed by atoms with Crippen LogP contribution in [0.2, 0.25) is 0 Å². The average Bonchev–Trinajstić information content (AvgIpc) is 2.26. The lowest BCUT2D eigenvalue weighted by Crippen LogP contribution is -2.40. The molecule has 3 nitrogen and oxygen atoms in total. The first-order chi connectivity index (χ1) is 7.61. The van der Waals surface area contributed by atoms with Crippen LogP contribution in [0, 0.1) is 5.82 Å². The Balaban J connectivity index is 2.47. The Morgan fingerprint density at radius 1 is 1.31 bits per heavy atom. The highest BCUT2D eigenvalue weighted by atomic mass is 19.1. The van der Waals surface area contributed by atoms with E-state index < -0.39 is 0 Å². The van der Waals surface area contributed by atoms with Gasteiger partial charge in [0.2, 0.25) is 0 Å². The van der Waals surface area contributed by atoms with Gasteiger partial charge in [-0.1, -0.05) is 12.1 Å². The third kappa shape index (κ3) is 4.29. The minimum Gasteiger partial charge on any atom is -0.354 e. The second-order valence-corrected chi connectivity index (χ2v) is 3.85. The van der Waals surface area contributed by atoms with E-state index in [4.69, 9.17) is 0 Å². The van der Waals surface area contributed by atoms with E-state index in [-0.39, 0.29) is 5.82 Å². The molecule has 0 aromatic heterocycles. The highest BCUT2D eigenvalue weighted by Crippen LogP contribution is 2.01. The number of rotatable bonds is 3. The Morgan fingerprint density at radius 3 is 2.44 bits per heavy atom. The van der Waals surface area contributed by atoms with Crippen molar-refractivity contribution in [3.05, 3.63) is 35.6 Å². The van der Waals surface area contributed by atoms with E-state index in [9.17, 15) is 4.39 Å². The molecule has 0 aliphatic carbocycles. The third-order valence-corrected chi connectivity index (χ3v) is 2.02. The molecule has 88 valence electrons. The molecule has 0 unspecified atom stereocenters. The van der Waals surface area contributed by atoms with Gasteiger partial charge in [0, 0.05) is 19.6 Å². The summed E-state index contributed by atoms with van der Waals surface area (Å²) in [7, 11) is 1.72. The number of hydrogen-bond acceptors (Lipinski definition) is 1. The zero-order valence-electron chi connectivity index (χ0n) is 9.92. The van der Waals surface area contributed by atoms with Crippen LogP contribution in [-0.2, 0) is 6.54 Å². The van der Waals surface area contributed by atoms with E-state index >= 15 is 0 Å². The monoisotopic (exact) mass is 223 g/mol. The Morgan fingerprint density at radius 2 is 1.94 bits per heavy atom. The summed E-state index contributed by atoms with van der Waals surface area (Å²) >= 11 is 0. The number of hydrogen-bond donors (Lipinski definition) is 2. The Kier molecular flexibility index (Phi) is 4.76. The van der Waals surface area contributed by atoms with E-state index in [1.54, 1.807) is 19.2 Å². The number of benzene rings is 1. The summed E-state index contributed by atoms with van der Waals surface area (Å²) in [6.07, 6.45) is 0. The summed E-state index contributed by atoms with van der Waals surface area (Å²) in [5.74, 6) is 0.535. The normalized spacial score (nSPS) is 11.7. The van der Waals surface area contributed by atoms with E-state index in [0.717, 1.165) is 11.5 Å². The smallest absolute Gasteiger partial charge is 0.191 e. The lowest BCUT2D eigenvalue weighted by atomic mass is 10.2. The number of halogens is 1. The molecule has 0 spiro atoms. The van der Waals surface area contributed by atoms with Crippen LogP contribution in [0.3, 0.4) is 0 Å². The first-order valence-electron chi connectivity index (χ1n) is 5.33. The van der Waals surface area contributed by atoms with Gasteiger partial charge in [0.05, 0.1) is 0 Å². The van der Waals surface area contributed by atoms with Crippen LogP contribution in [-0.4, -0.2) is 19.0 Å². The van der Waals surface area contributed by atoms with Gasteiger partial charge in [0.1, 0.15) is 5.82 Å². The summed E-state index contributed by atoms with van der Waals surface area (Å²) in [5, 5.41) is 6.33. The van der Waals surface area contributed by atoms with Crippen molar-refractivity contribution in [1.29, 1.82) is 0 Å². The van der Waals surface area contributed by atoms with Gasteiger partial charge >= 0.3 is 0 Å². The lowest BCUT2D eigenvalue weighted by Gasteiger charge is -2.14. The van der Waals surface area contributed by atoms with Crippen molar-refractivity contribution in [3.8, 4) is 0 Å². The van der Waals surface area contributed by atoms with E-state index in [2.05, 4.69) is 15.6 Å². The summed E-state index contributed by atoms with van der Waals surface area (Å²) in [6, 6.07) is 6.75. The van der Waals surface area contributed by atoms with Gasteiger partial charge < -0.3 is 10.6 Å². The maximum Gasteiger partial charge on any atom is 0.191 e. The maximum absolute atomic E-state index is 12.7. The van der Waals surface area contributed by atoms with Crippen LogP contribution in [0.5, 0.6) is 0 Å². The molecule has 2 N–H and O–H groups in total. The first-order valence-corrected chi connectivity index (χ1v) is 5.33. The largest absolute Gasteiger partial charge is 0.354 e. The molecule has 0 bridgehead atoms. The van der Waals surface area contributed by atoms with Gasteiger partial charge in [-0.15, -0.1) is 0 Å². The Bertz CT molecular complexity index is 344. The molecule has 0 saturated heterocycles. The van der Waals surface area contributed by atoms with Crippen molar-refractivity contribution in [2.75, 3.05) is 7.05 Å². The number of aliphatic imine (C=N–C) groups is 1. The Hall–Kier alpha value is -1.58. The highest BCUT2D eigenvalue weighted by Gasteiger charge is 1.99. The minimum absolute atomic E-state index is 0.214. The lowest BCUT2D eigenvalue weighted by molar-refractivity contribution is 0.626. The van der Waals surface area contributed by atoms with E-state index in [1.807, 2.05) is 13.8 Å². The van der Waals surface area contributed by atoms with Crippen LogP contribution < -0.4 is 10.6 Å². The standard InChI is InChI=1S/C12H18FN3/c1-9(2)16-12(14-3)15-8-10-4-6-11(13)7-5-10/h4-7,9H,8H2,1-3H3,(H2,14,15,16). The summed E-state index contributed by atoms with van der Waals surface area (Å²) in [6.45, 7) is 4.72. The molecule has 0 aliphatic heterocycles. The summed E-state index contributed by atoms with van der Waals surface area (Å²) < 4.78 is 12.7. The van der Waals surface area contributed by atoms with Gasteiger partial charge in [-0.25, -0.2) is 4.39 Å². The van der Waals surface area contributed by atoms with Crippen molar-refractivity contribution in [2.45, 2.75) is 26.4 Å². The first kappa shape index (κ1) is 12.5. The number of nitrogens with one attached hydrogen (secondary N) is 2. The fourth-order valence-electron chi connectivity index (χ4n) is 1.26. The van der Waals surface area contributed by atoms with E-state index in [0.29, 0.717) is 12.6 Å². The SMILES string of the molecule is CN=C(NCc1ccc(F)cc1)NC(C)C. The van der Waals surface area contributed by atoms with Gasteiger partial charge in [-0.3, -0.25) is 4.99 Å². The zero-order chi connectivity index (χ0) is 12.0. The molecular weight excluding hydrogens is 205 g/mol. The molecule has 0 heterocycles. The summed E-state index contributed by atoms with van der Waals surface area (Å²) in [4.78, 5) is 4.08. The number of guanidine groups is 1. The van der Waals surface area contributed by atoms with E-state index in [1.165, 1.54) is 12.1 Å². The highest BCUT2D eigenvalue weighted by molar-refractivity contribution is 5.79. The molecule has 0 saturated carbocycles. The number of nitrogens with zero attached hydrogens (tertiary/aromatic N) is 1. The van der Waals surface area contributed by atoms with Gasteiger partial charge in [0.25, 0.3) is 0 Å².